The van der Waals surface area contributed by atoms with Crippen LogP contribution in [0.25, 0.3) is 11.0 Å². The first kappa shape index (κ1) is 19.4. The smallest absolute Gasteiger partial charge is 0.258 e. The molecule has 6 nitrogen and oxygen atoms in total. The molecule has 0 saturated carbocycles. The molecule has 0 spiro atoms. The van der Waals surface area contributed by atoms with Crippen molar-refractivity contribution in [1.29, 1.82) is 0 Å². The van der Waals surface area contributed by atoms with Gasteiger partial charge in [0.1, 0.15) is 0 Å². The number of aromatic nitrogens is 3. The molecule has 3 aromatic rings. The number of halogens is 1. The van der Waals surface area contributed by atoms with Crippen LogP contribution in [0.15, 0.2) is 30.5 Å². The molecular weight excluding hydrogens is 386 g/mol. The molecule has 1 N–H and O–H groups in total. The molecule has 148 valence electrons. The zero-order chi connectivity index (χ0) is 20.5. The van der Waals surface area contributed by atoms with Crippen LogP contribution >= 0.6 is 11.6 Å². The molecule has 0 radical (unpaired) electrons. The second kappa shape index (κ2) is 7.86. The van der Waals surface area contributed by atoms with Gasteiger partial charge < -0.3 is 10.2 Å². The minimum absolute atomic E-state index is 0.292. The molecule has 1 aromatic carbocycles. The first-order chi connectivity index (χ1) is 14.0. The second-order valence-electron chi connectivity index (χ2n) is 7.42. The molecule has 3 heterocycles. The van der Waals surface area contributed by atoms with Crippen LogP contribution in [0.4, 0.5) is 5.69 Å². The van der Waals surface area contributed by atoms with E-state index in [0.29, 0.717) is 22.3 Å². The van der Waals surface area contributed by atoms with Crippen molar-refractivity contribution in [3.8, 4) is 12.3 Å². The monoisotopic (exact) mass is 407 g/mol. The zero-order valence-electron chi connectivity index (χ0n) is 16.4. The maximum absolute atomic E-state index is 12.8. The third-order valence-electron chi connectivity index (χ3n) is 5.42. The number of hydrogen-bond donors (Lipinski definition) is 1. The summed E-state index contributed by atoms with van der Waals surface area (Å²) in [6, 6.07) is 7.36. The number of hydrogen-bond acceptors (Lipinski definition) is 4. The Labute approximate surface area is 174 Å². The summed E-state index contributed by atoms with van der Waals surface area (Å²) in [7, 11) is 2.13. The summed E-state index contributed by atoms with van der Waals surface area (Å²) in [6.45, 7) is 3.96. The van der Waals surface area contributed by atoms with Crippen molar-refractivity contribution in [3.05, 3.63) is 52.3 Å². The van der Waals surface area contributed by atoms with Gasteiger partial charge in [0, 0.05) is 17.4 Å². The highest BCUT2D eigenvalue weighted by molar-refractivity contribution is 6.39. The van der Waals surface area contributed by atoms with Crippen LogP contribution < -0.4 is 5.32 Å². The van der Waals surface area contributed by atoms with Crippen molar-refractivity contribution in [2.75, 3.05) is 25.5 Å². The summed E-state index contributed by atoms with van der Waals surface area (Å²) in [5, 5.41) is 8.66. The predicted molar refractivity (Wildman–Crippen MR) is 115 cm³/mol. The van der Waals surface area contributed by atoms with Crippen LogP contribution in [-0.4, -0.2) is 45.7 Å². The lowest BCUT2D eigenvalue weighted by molar-refractivity contribution is 0.102. The van der Waals surface area contributed by atoms with Crippen LogP contribution in [0.3, 0.4) is 0 Å². The fourth-order valence-electron chi connectivity index (χ4n) is 3.73. The summed E-state index contributed by atoms with van der Waals surface area (Å²) < 4.78 is 1.98. The molecule has 0 atom stereocenters. The molecule has 1 amide bonds. The lowest BCUT2D eigenvalue weighted by Crippen LogP contribution is -2.32. The van der Waals surface area contributed by atoms with Gasteiger partial charge >= 0.3 is 0 Å². The van der Waals surface area contributed by atoms with Gasteiger partial charge in [-0.15, -0.1) is 6.42 Å². The number of carbonyl (C=O) groups is 1. The minimum Gasteiger partial charge on any atom is -0.322 e. The van der Waals surface area contributed by atoms with Crippen molar-refractivity contribution in [2.24, 2.45) is 0 Å². The number of likely N-dealkylation sites (tertiary alicyclic amines) is 1. The van der Waals surface area contributed by atoms with E-state index >= 15 is 0 Å². The fraction of sp³-hybridized carbons (Fsp3) is 0.318. The highest BCUT2D eigenvalue weighted by Crippen LogP contribution is 2.32. The quantitative estimate of drug-likeness (QED) is 0.669. The number of terminal acetylenes is 1. The highest BCUT2D eigenvalue weighted by Gasteiger charge is 2.25. The Morgan fingerprint density at radius 3 is 2.62 bits per heavy atom. The Morgan fingerprint density at radius 2 is 1.97 bits per heavy atom. The number of carbonyl (C=O) groups excluding carboxylic acids is 1. The first-order valence-corrected chi connectivity index (χ1v) is 9.95. The third kappa shape index (κ3) is 3.71. The summed E-state index contributed by atoms with van der Waals surface area (Å²) in [6.07, 6.45) is 8.93. The van der Waals surface area contributed by atoms with E-state index in [-0.39, 0.29) is 5.91 Å². The molecule has 0 bridgehead atoms. The number of fused-ring (bicyclic) bond motifs is 1. The molecule has 4 rings (SSSR count). The van der Waals surface area contributed by atoms with Crippen molar-refractivity contribution < 1.29 is 4.79 Å². The van der Waals surface area contributed by atoms with E-state index in [2.05, 4.69) is 28.2 Å². The van der Waals surface area contributed by atoms with Gasteiger partial charge in [0.25, 0.3) is 5.91 Å². The number of nitrogens with one attached hydrogen (secondary N) is 1. The maximum atomic E-state index is 12.8. The van der Waals surface area contributed by atoms with Crippen LogP contribution in [0, 0.1) is 19.3 Å². The molecule has 1 aliphatic rings. The van der Waals surface area contributed by atoms with Crippen molar-refractivity contribution in [3.63, 3.8) is 0 Å². The first-order valence-electron chi connectivity index (χ1n) is 9.58. The van der Waals surface area contributed by atoms with E-state index in [1.54, 1.807) is 24.3 Å². The Bertz CT molecular complexity index is 1100. The number of amides is 1. The van der Waals surface area contributed by atoms with Gasteiger partial charge in [-0.2, -0.15) is 5.10 Å². The van der Waals surface area contributed by atoms with E-state index in [9.17, 15) is 4.79 Å². The van der Waals surface area contributed by atoms with Crippen molar-refractivity contribution >= 4 is 34.2 Å². The van der Waals surface area contributed by atoms with E-state index in [4.69, 9.17) is 23.1 Å². The van der Waals surface area contributed by atoms with Gasteiger partial charge in [0.05, 0.1) is 27.7 Å². The average Bonchev–Trinajstić information content (AvgIpc) is 3.06. The van der Waals surface area contributed by atoms with Crippen molar-refractivity contribution in [1.82, 2.24) is 19.7 Å². The second-order valence-corrected chi connectivity index (χ2v) is 7.80. The summed E-state index contributed by atoms with van der Waals surface area (Å²) in [4.78, 5) is 19.7. The molecule has 2 aromatic heterocycles. The summed E-state index contributed by atoms with van der Waals surface area (Å²) >= 11 is 6.64. The molecular formula is C22H22ClN5O. The zero-order valence-corrected chi connectivity index (χ0v) is 17.2. The molecule has 0 unspecified atom stereocenters. The number of aryl methyl sites for hydroxylation is 1. The number of piperidine rings is 1. The van der Waals surface area contributed by atoms with E-state index < -0.39 is 0 Å². The molecule has 1 aliphatic heterocycles. The normalized spacial score (nSPS) is 15.4. The summed E-state index contributed by atoms with van der Waals surface area (Å²) in [5.74, 6) is 2.24. The van der Waals surface area contributed by atoms with Gasteiger partial charge in [-0.05, 0) is 64.2 Å². The van der Waals surface area contributed by atoms with Gasteiger partial charge in [-0.25, -0.2) is 9.67 Å². The number of rotatable bonds is 3. The standard InChI is InChI=1S/C22H22ClN5O/c1-4-15-5-7-16(8-6-15)25-22(29)18-13-24-21-19(20(18)23)14(2)26-28(21)17-9-11-27(3)12-10-17/h1,5-8,13,17H,9-12H2,2-3H3,(H,25,29). The Balaban J connectivity index is 1.64. The lowest BCUT2D eigenvalue weighted by Gasteiger charge is -2.29. The number of anilines is 1. The van der Waals surface area contributed by atoms with Crippen LogP contribution in [0.2, 0.25) is 5.02 Å². The number of benzene rings is 1. The Morgan fingerprint density at radius 1 is 1.28 bits per heavy atom. The highest BCUT2D eigenvalue weighted by atomic mass is 35.5. The maximum Gasteiger partial charge on any atom is 0.258 e. The molecule has 0 aliphatic carbocycles. The fourth-order valence-corrected chi connectivity index (χ4v) is 4.09. The third-order valence-corrected chi connectivity index (χ3v) is 5.81. The lowest BCUT2D eigenvalue weighted by atomic mass is 10.1. The average molecular weight is 408 g/mol. The predicted octanol–water partition coefficient (Wildman–Crippen LogP) is 3.89. The minimum atomic E-state index is -0.315. The van der Waals surface area contributed by atoms with Crippen molar-refractivity contribution in [2.45, 2.75) is 25.8 Å². The topological polar surface area (TPSA) is 63.1 Å². The van der Waals surface area contributed by atoms with E-state index in [1.807, 2.05) is 11.6 Å². The Hall–Kier alpha value is -2.88. The number of nitrogens with zero attached hydrogens (tertiary/aromatic N) is 4. The van der Waals surface area contributed by atoms with Gasteiger partial charge in [-0.1, -0.05) is 17.5 Å². The van der Waals surface area contributed by atoms with Crippen LogP contribution in [-0.2, 0) is 0 Å². The van der Waals surface area contributed by atoms with E-state index in [1.165, 1.54) is 6.20 Å². The SMILES string of the molecule is C#Cc1ccc(NC(=O)c2cnc3c(c(C)nn3C3CCN(C)CC3)c2Cl)cc1. The van der Waals surface area contributed by atoms with E-state index in [0.717, 1.165) is 48.2 Å². The van der Waals surface area contributed by atoms with Gasteiger partial charge in [0.15, 0.2) is 5.65 Å². The number of pyridine rings is 1. The summed E-state index contributed by atoms with van der Waals surface area (Å²) in [5.41, 5.74) is 3.23. The molecule has 29 heavy (non-hydrogen) atoms. The largest absolute Gasteiger partial charge is 0.322 e. The van der Waals surface area contributed by atoms with Gasteiger partial charge in [-0.3, -0.25) is 4.79 Å². The molecule has 7 heteroatoms. The Kier molecular flexibility index (Phi) is 5.27. The molecule has 1 fully saturated rings. The van der Waals surface area contributed by atoms with Crippen LogP contribution in [0.1, 0.15) is 40.5 Å². The van der Waals surface area contributed by atoms with Crippen LogP contribution in [0.5, 0.6) is 0 Å². The van der Waals surface area contributed by atoms with Gasteiger partial charge in [0.2, 0.25) is 0 Å². The molecule has 1 saturated heterocycles.